The van der Waals surface area contributed by atoms with E-state index in [1.807, 2.05) is 6.92 Å². The first-order valence-corrected chi connectivity index (χ1v) is 7.11. The summed E-state index contributed by atoms with van der Waals surface area (Å²) in [7, 11) is 0. The van der Waals surface area contributed by atoms with Crippen LogP contribution in [-0.4, -0.2) is 23.5 Å². The fourth-order valence-electron chi connectivity index (χ4n) is 2.48. The molecule has 5 nitrogen and oxygen atoms in total. The molecule has 0 aliphatic carbocycles. The first-order valence-electron chi connectivity index (χ1n) is 7.11. The molecule has 1 aromatic heterocycles. The van der Waals surface area contributed by atoms with Crippen molar-refractivity contribution in [3.63, 3.8) is 0 Å². The first-order chi connectivity index (χ1) is 10.9. The van der Waals surface area contributed by atoms with Crippen molar-refractivity contribution in [2.75, 3.05) is 11.9 Å². The van der Waals surface area contributed by atoms with Crippen LogP contribution in [0.4, 0.5) is 14.5 Å². The molecule has 2 aromatic rings. The lowest BCUT2D eigenvalue weighted by atomic mass is 10.0. The number of primary amides is 1. The van der Waals surface area contributed by atoms with Crippen molar-refractivity contribution in [3.8, 4) is 5.88 Å². The van der Waals surface area contributed by atoms with E-state index in [-0.39, 0.29) is 23.7 Å². The van der Waals surface area contributed by atoms with Crippen molar-refractivity contribution in [2.24, 2.45) is 5.73 Å². The average molecular weight is 319 g/mol. The minimum atomic E-state index is -0.729. The molecule has 0 bridgehead atoms. The molecule has 0 radical (unpaired) electrons. The fourth-order valence-corrected chi connectivity index (χ4v) is 2.48. The van der Waals surface area contributed by atoms with Gasteiger partial charge >= 0.3 is 0 Å². The lowest BCUT2D eigenvalue weighted by molar-refractivity contribution is 0.0993. The van der Waals surface area contributed by atoms with E-state index in [1.54, 1.807) is 6.07 Å². The highest BCUT2D eigenvalue weighted by atomic mass is 19.1. The molecule has 0 fully saturated rings. The number of rotatable bonds is 3. The summed E-state index contributed by atoms with van der Waals surface area (Å²) in [6.07, 6.45) is 0.0702. The number of aromatic nitrogens is 1. The molecule has 2 heterocycles. The molecular weight excluding hydrogens is 304 g/mol. The number of nitrogens with zero attached hydrogens (tertiary/aromatic N) is 1. The van der Waals surface area contributed by atoms with Gasteiger partial charge in [-0.05, 0) is 30.2 Å². The second-order valence-corrected chi connectivity index (χ2v) is 5.48. The molecule has 1 aliphatic heterocycles. The maximum Gasteiger partial charge on any atom is 0.267 e. The number of halogens is 2. The quantitative estimate of drug-likeness (QED) is 0.909. The van der Waals surface area contributed by atoms with E-state index in [0.717, 1.165) is 12.1 Å². The van der Waals surface area contributed by atoms with Crippen LogP contribution in [0.2, 0.25) is 0 Å². The molecule has 0 saturated carbocycles. The topological polar surface area (TPSA) is 77.2 Å². The lowest BCUT2D eigenvalue weighted by Crippen LogP contribution is -2.30. The van der Waals surface area contributed by atoms with Gasteiger partial charge in [-0.25, -0.2) is 13.8 Å². The lowest BCUT2D eigenvalue weighted by Gasteiger charge is -2.25. The van der Waals surface area contributed by atoms with E-state index in [9.17, 15) is 13.6 Å². The van der Waals surface area contributed by atoms with Gasteiger partial charge in [-0.3, -0.25) is 4.79 Å². The van der Waals surface area contributed by atoms with Gasteiger partial charge in [0.05, 0.1) is 11.7 Å². The van der Waals surface area contributed by atoms with Crippen LogP contribution in [0, 0.1) is 11.6 Å². The number of nitrogens with two attached hydrogens (primary N) is 1. The largest absolute Gasteiger partial charge is 0.474 e. The Morgan fingerprint density at radius 3 is 2.87 bits per heavy atom. The van der Waals surface area contributed by atoms with Crippen LogP contribution in [-0.2, 0) is 6.42 Å². The molecule has 3 rings (SSSR count). The number of hydrogen-bond acceptors (Lipinski definition) is 4. The van der Waals surface area contributed by atoms with E-state index in [2.05, 4.69) is 10.3 Å². The second-order valence-electron chi connectivity index (χ2n) is 5.48. The Kier molecular flexibility index (Phi) is 3.85. The second kappa shape index (κ2) is 5.83. The van der Waals surface area contributed by atoms with E-state index in [4.69, 9.17) is 10.5 Å². The fraction of sp³-hybridized carbons (Fsp3) is 0.250. The molecule has 0 saturated heterocycles. The number of amides is 1. The van der Waals surface area contributed by atoms with Crippen molar-refractivity contribution in [3.05, 3.63) is 52.7 Å². The van der Waals surface area contributed by atoms with Crippen molar-refractivity contribution >= 4 is 11.6 Å². The van der Waals surface area contributed by atoms with Crippen molar-refractivity contribution in [1.29, 1.82) is 0 Å². The maximum absolute atomic E-state index is 13.9. The van der Waals surface area contributed by atoms with Crippen LogP contribution in [0.25, 0.3) is 0 Å². The van der Waals surface area contributed by atoms with Crippen LogP contribution in [0.1, 0.15) is 28.5 Å². The average Bonchev–Trinajstić information content (AvgIpc) is 2.49. The molecule has 1 aliphatic rings. The van der Waals surface area contributed by atoms with Crippen LogP contribution in [0.15, 0.2) is 24.3 Å². The van der Waals surface area contributed by atoms with Gasteiger partial charge in [0, 0.05) is 12.5 Å². The monoisotopic (exact) mass is 319 g/mol. The zero-order valence-corrected chi connectivity index (χ0v) is 12.4. The molecule has 23 heavy (non-hydrogen) atoms. The third-order valence-electron chi connectivity index (χ3n) is 3.57. The van der Waals surface area contributed by atoms with Gasteiger partial charge < -0.3 is 15.8 Å². The summed E-state index contributed by atoms with van der Waals surface area (Å²) in [6.45, 7) is 2.36. The molecule has 1 atom stereocenters. The number of ether oxygens (including phenoxy) is 1. The Morgan fingerprint density at radius 1 is 1.39 bits per heavy atom. The van der Waals surface area contributed by atoms with Gasteiger partial charge in [-0.1, -0.05) is 6.07 Å². The third kappa shape index (κ3) is 3.08. The number of carbonyl (C=O) groups is 1. The van der Waals surface area contributed by atoms with Gasteiger partial charge in [-0.15, -0.1) is 0 Å². The predicted octanol–water partition coefficient (Wildman–Crippen LogP) is 2.24. The molecular formula is C16H15F2N3O2. The van der Waals surface area contributed by atoms with Gasteiger partial charge in [0.25, 0.3) is 5.91 Å². The van der Waals surface area contributed by atoms with Crippen LogP contribution >= 0.6 is 0 Å². The number of nitrogens with one attached hydrogen (secondary N) is 1. The van der Waals surface area contributed by atoms with Gasteiger partial charge in [-0.2, -0.15) is 0 Å². The highest BCUT2D eigenvalue weighted by Crippen LogP contribution is 2.30. The molecule has 3 N–H and O–H groups in total. The Hall–Kier alpha value is -2.70. The van der Waals surface area contributed by atoms with Gasteiger partial charge in [0.15, 0.2) is 0 Å². The van der Waals surface area contributed by atoms with E-state index < -0.39 is 17.5 Å². The van der Waals surface area contributed by atoms with E-state index in [0.29, 0.717) is 23.7 Å². The summed E-state index contributed by atoms with van der Waals surface area (Å²) in [6, 6.07) is 5.05. The van der Waals surface area contributed by atoms with E-state index in [1.165, 1.54) is 6.07 Å². The van der Waals surface area contributed by atoms with Crippen LogP contribution in [0.3, 0.4) is 0 Å². The summed E-state index contributed by atoms with van der Waals surface area (Å²) in [5.41, 5.74) is 6.70. The third-order valence-corrected chi connectivity index (χ3v) is 3.57. The Bertz CT molecular complexity index is 780. The number of fused-ring (bicyclic) bond motifs is 1. The standard InChI is InChI=1S/C16H15F2N3O2/c1-8-7-23-16-13(20-8)5-10(14(21-16)15(19)22)4-9-2-3-11(17)6-12(9)18/h2-3,5-6,8,20H,4,7H2,1H3,(H2,19,22). The molecule has 7 heteroatoms. The molecule has 120 valence electrons. The highest BCUT2D eigenvalue weighted by Gasteiger charge is 2.22. The SMILES string of the molecule is CC1COc2nc(C(N)=O)c(Cc3ccc(F)cc3F)cc2N1. The summed E-state index contributed by atoms with van der Waals surface area (Å²) >= 11 is 0. The maximum atomic E-state index is 13.9. The normalized spacial score (nSPS) is 16.2. The highest BCUT2D eigenvalue weighted by molar-refractivity contribution is 5.93. The zero-order valence-electron chi connectivity index (χ0n) is 12.4. The van der Waals surface area contributed by atoms with E-state index >= 15 is 0 Å². The minimum Gasteiger partial charge on any atom is -0.474 e. The van der Waals surface area contributed by atoms with Gasteiger partial charge in [0.2, 0.25) is 5.88 Å². The Morgan fingerprint density at radius 2 is 2.17 bits per heavy atom. The van der Waals surface area contributed by atoms with Crippen molar-refractivity contribution in [1.82, 2.24) is 4.98 Å². The van der Waals surface area contributed by atoms with Crippen LogP contribution < -0.4 is 15.8 Å². The Balaban J connectivity index is 2.03. The van der Waals surface area contributed by atoms with Crippen molar-refractivity contribution < 1.29 is 18.3 Å². The predicted molar refractivity (Wildman–Crippen MR) is 80.5 cm³/mol. The molecule has 0 spiro atoms. The number of carbonyl (C=O) groups excluding carboxylic acids is 1. The Labute approximate surface area is 131 Å². The molecule has 1 aromatic carbocycles. The first kappa shape index (κ1) is 15.2. The number of benzene rings is 1. The minimum absolute atomic E-state index is 0.0174. The number of anilines is 1. The number of pyridine rings is 1. The summed E-state index contributed by atoms with van der Waals surface area (Å²) < 4.78 is 32.3. The van der Waals surface area contributed by atoms with Crippen LogP contribution in [0.5, 0.6) is 5.88 Å². The van der Waals surface area contributed by atoms with Gasteiger partial charge in [0.1, 0.15) is 23.9 Å². The summed E-state index contributed by atoms with van der Waals surface area (Å²) in [5.74, 6) is -1.78. The smallest absolute Gasteiger partial charge is 0.267 e. The summed E-state index contributed by atoms with van der Waals surface area (Å²) in [5, 5.41) is 3.18. The molecule has 1 unspecified atom stereocenters. The van der Waals surface area contributed by atoms with Crippen molar-refractivity contribution in [2.45, 2.75) is 19.4 Å². The number of hydrogen-bond donors (Lipinski definition) is 2. The summed E-state index contributed by atoms with van der Waals surface area (Å²) in [4.78, 5) is 15.8. The molecule has 1 amide bonds. The zero-order chi connectivity index (χ0) is 16.6.